The second-order valence-electron chi connectivity index (χ2n) is 15.4. The van der Waals surface area contributed by atoms with E-state index in [1.807, 2.05) is 30.0 Å². The van der Waals surface area contributed by atoms with Crippen LogP contribution < -0.4 is 4.74 Å². The Morgan fingerprint density at radius 2 is 1.69 bits per heavy atom. The second-order valence-corrected chi connectivity index (χ2v) is 15.4. The highest BCUT2D eigenvalue weighted by Crippen LogP contribution is 2.44. The zero-order valence-corrected chi connectivity index (χ0v) is 31.1. The van der Waals surface area contributed by atoms with E-state index in [0.29, 0.717) is 62.6 Å². The Labute approximate surface area is 315 Å². The molecule has 2 N–H and O–H groups in total. The van der Waals surface area contributed by atoms with Gasteiger partial charge in [0.25, 0.3) is 5.91 Å². The summed E-state index contributed by atoms with van der Waals surface area (Å²) in [6.07, 6.45) is 9.46. The molecule has 2 saturated carbocycles. The van der Waals surface area contributed by atoms with Crippen LogP contribution in [0.5, 0.6) is 5.75 Å². The molecule has 1 saturated heterocycles. The molecule has 0 spiro atoms. The normalized spacial score (nSPS) is 20.1. The van der Waals surface area contributed by atoms with E-state index in [2.05, 4.69) is 48.4 Å². The minimum Gasteiger partial charge on any atom is -0.486 e. The molecule has 0 radical (unpaired) electrons. The zero-order chi connectivity index (χ0) is 37.6. The van der Waals surface area contributed by atoms with Gasteiger partial charge in [-0.25, -0.2) is 19.3 Å². The molecule has 1 aliphatic heterocycles. The van der Waals surface area contributed by atoms with Crippen molar-refractivity contribution in [3.05, 3.63) is 94.3 Å². The number of carboxylic acid groups (broad SMARTS) is 1. The molecule has 4 aromatic rings. The predicted octanol–water partition coefficient (Wildman–Crippen LogP) is 6.91. The first-order valence-corrected chi connectivity index (χ1v) is 19.6. The average molecular weight is 733 g/mol. The van der Waals surface area contributed by atoms with Gasteiger partial charge in [0.2, 0.25) is 0 Å². The molecule has 0 bridgehead atoms. The number of carboxylic acids is 1. The van der Waals surface area contributed by atoms with E-state index in [-0.39, 0.29) is 17.6 Å². The smallest absolute Gasteiger partial charge is 0.339 e. The Hall–Kier alpha value is -5.03. The van der Waals surface area contributed by atoms with Crippen molar-refractivity contribution in [2.75, 3.05) is 13.1 Å². The van der Waals surface area contributed by atoms with Gasteiger partial charge in [-0.2, -0.15) is 5.10 Å². The number of aryl methyl sites for hydroxylation is 2. The third-order valence-corrected chi connectivity index (χ3v) is 12.3. The van der Waals surface area contributed by atoms with E-state index in [4.69, 9.17) is 14.5 Å². The minimum atomic E-state index is -1.42. The molecule has 8 rings (SSSR count). The number of aromatic nitrogens is 3. The number of benzene rings is 2. The molecule has 3 aliphatic carbocycles. The van der Waals surface area contributed by atoms with Crippen LogP contribution in [0.1, 0.15) is 122 Å². The second kappa shape index (κ2) is 14.3. The third-order valence-electron chi connectivity index (χ3n) is 12.3. The maximum absolute atomic E-state index is 13.7. The Bertz CT molecular complexity index is 2090. The van der Waals surface area contributed by atoms with E-state index in [0.717, 1.165) is 67.5 Å². The number of nitrogens with zero attached hydrogens (tertiary/aromatic N) is 4. The number of carbonyl (C=O) groups is 3. The highest BCUT2D eigenvalue weighted by Gasteiger charge is 2.54. The van der Waals surface area contributed by atoms with Gasteiger partial charge in [0.15, 0.2) is 17.0 Å². The molecule has 1 amide bonds. The summed E-state index contributed by atoms with van der Waals surface area (Å²) < 4.78 is 14.2. The molecule has 3 fully saturated rings. The number of hydrogen-bond acceptors (Lipinski definition) is 8. The van der Waals surface area contributed by atoms with E-state index in [9.17, 15) is 24.6 Å². The van der Waals surface area contributed by atoms with Gasteiger partial charge in [0, 0.05) is 24.2 Å². The van der Waals surface area contributed by atoms with Gasteiger partial charge in [-0.15, -0.1) is 0 Å². The lowest BCUT2D eigenvalue weighted by molar-refractivity contribution is -0.205. The van der Waals surface area contributed by atoms with Gasteiger partial charge in [-0.1, -0.05) is 44.2 Å². The average Bonchev–Trinajstić information content (AvgIpc) is 3.79. The molecule has 0 unspecified atom stereocenters. The first-order chi connectivity index (χ1) is 26.1. The summed E-state index contributed by atoms with van der Waals surface area (Å²) in [7, 11) is 0. The molecule has 11 heteroatoms. The lowest BCUT2D eigenvalue weighted by Gasteiger charge is -2.46. The number of aliphatic hydroxyl groups is 1. The maximum atomic E-state index is 13.7. The van der Waals surface area contributed by atoms with Crippen LogP contribution in [0.15, 0.2) is 60.8 Å². The maximum Gasteiger partial charge on any atom is 0.339 e. The van der Waals surface area contributed by atoms with Crippen molar-refractivity contribution in [2.45, 2.75) is 114 Å². The third kappa shape index (κ3) is 6.36. The van der Waals surface area contributed by atoms with Crippen molar-refractivity contribution in [3.63, 3.8) is 0 Å². The molecular formula is C43H48N4O7. The number of carbonyl (C=O) groups excluding carboxylic acids is 2. The summed E-state index contributed by atoms with van der Waals surface area (Å²) in [5.74, 6) is -0.0533. The number of likely N-dealkylation sites (tertiary alicyclic amines) is 1. The molecular weight excluding hydrogens is 684 g/mol. The van der Waals surface area contributed by atoms with Crippen LogP contribution in [-0.2, 0) is 33.6 Å². The summed E-state index contributed by atoms with van der Waals surface area (Å²) in [4.78, 5) is 45.1. The zero-order valence-electron chi connectivity index (χ0n) is 31.1. The number of esters is 1. The molecule has 4 aliphatic rings. The summed E-state index contributed by atoms with van der Waals surface area (Å²) >= 11 is 0. The van der Waals surface area contributed by atoms with Crippen molar-refractivity contribution in [1.29, 1.82) is 0 Å². The lowest BCUT2D eigenvalue weighted by atomic mass is 9.76. The lowest BCUT2D eigenvalue weighted by Crippen LogP contribution is -2.60. The molecule has 2 aromatic heterocycles. The fourth-order valence-corrected chi connectivity index (χ4v) is 8.82. The van der Waals surface area contributed by atoms with Crippen LogP contribution in [0.2, 0.25) is 0 Å². The van der Waals surface area contributed by atoms with Crippen molar-refractivity contribution >= 4 is 17.8 Å². The number of amides is 1. The number of fused-ring (bicyclic) bond motifs is 1. The van der Waals surface area contributed by atoms with Crippen LogP contribution in [0.3, 0.4) is 0 Å². The van der Waals surface area contributed by atoms with Gasteiger partial charge < -0.3 is 24.6 Å². The molecule has 3 heterocycles. The minimum absolute atomic E-state index is 0.111. The largest absolute Gasteiger partial charge is 0.486 e. The van der Waals surface area contributed by atoms with Gasteiger partial charge in [0.1, 0.15) is 17.4 Å². The number of pyridine rings is 1. The molecule has 1 atom stereocenters. The quantitative estimate of drug-likeness (QED) is 0.157. The number of ether oxygens (including phenoxy) is 2. The van der Waals surface area contributed by atoms with Gasteiger partial charge >= 0.3 is 11.9 Å². The van der Waals surface area contributed by atoms with Crippen molar-refractivity contribution < 1.29 is 34.1 Å². The predicted molar refractivity (Wildman–Crippen MR) is 201 cm³/mol. The molecule has 54 heavy (non-hydrogen) atoms. The van der Waals surface area contributed by atoms with Crippen LogP contribution >= 0.6 is 0 Å². The van der Waals surface area contributed by atoms with E-state index in [1.54, 1.807) is 4.68 Å². The Morgan fingerprint density at radius 3 is 2.35 bits per heavy atom. The van der Waals surface area contributed by atoms with Crippen molar-refractivity contribution in [3.8, 4) is 22.8 Å². The van der Waals surface area contributed by atoms with Gasteiger partial charge in [-0.3, -0.25) is 4.79 Å². The Kier molecular flexibility index (Phi) is 9.54. The monoisotopic (exact) mass is 732 g/mol. The molecule has 11 nitrogen and oxygen atoms in total. The summed E-state index contributed by atoms with van der Waals surface area (Å²) in [6.45, 7) is 5.28. The van der Waals surface area contributed by atoms with E-state index < -0.39 is 23.1 Å². The molecule has 2 aromatic carbocycles. The summed E-state index contributed by atoms with van der Waals surface area (Å²) in [5.41, 5.74) is 4.90. The van der Waals surface area contributed by atoms with E-state index in [1.165, 1.54) is 22.9 Å². The fourth-order valence-electron chi connectivity index (χ4n) is 8.82. The van der Waals surface area contributed by atoms with Crippen LogP contribution in [0.4, 0.5) is 0 Å². The highest BCUT2D eigenvalue weighted by molar-refractivity contribution is 5.91. The molecule has 282 valence electrons. The fraction of sp³-hybridized carbons (Fsp3) is 0.465. The van der Waals surface area contributed by atoms with Crippen LogP contribution in [0.25, 0.3) is 17.1 Å². The van der Waals surface area contributed by atoms with E-state index >= 15 is 0 Å². The number of piperidine rings is 1. The summed E-state index contributed by atoms with van der Waals surface area (Å²) in [6, 6.07) is 18.5. The first-order valence-electron chi connectivity index (χ1n) is 19.6. The summed E-state index contributed by atoms with van der Waals surface area (Å²) in [5, 5.41) is 24.5. The number of rotatable bonds is 11. The SMILES string of the molecule is CCc1cc(O[C@H]2CCc3cccc(-c4cccc(-n5ncc(C(=O)O)c5CC)n4)c32)ccc1C1CCN(C(=O)C2(OC(=O)C3(O)CCC3)CCC2)CC1. The first kappa shape index (κ1) is 36.0. The standard InChI is InChI=1S/C43H48N4O7/c1-3-27-25-30(14-15-31(27)28-17-23-46(24-18-28)40(50)43(21-8-22-43)54-41(51)42(52)19-7-20-42)53-36-16-13-29-9-5-10-32(38(29)36)34-11-6-12-37(45-34)47-35(4-2)33(26-44-47)39(48)49/h5-6,9-12,14-15,25-26,28,36,52H,3-4,7-8,13,16-24H2,1-2H3,(H,48,49)/t36-/m0/s1. The van der Waals surface area contributed by atoms with Crippen LogP contribution in [0, 0.1) is 0 Å². The van der Waals surface area contributed by atoms with Gasteiger partial charge in [-0.05, 0) is 124 Å². The van der Waals surface area contributed by atoms with Crippen molar-refractivity contribution in [2.24, 2.45) is 0 Å². The highest BCUT2D eigenvalue weighted by atomic mass is 16.6. The Balaban J connectivity index is 0.963. The number of hydrogen-bond donors (Lipinski definition) is 2. The topological polar surface area (TPSA) is 144 Å². The van der Waals surface area contributed by atoms with Gasteiger partial charge in [0.05, 0.1) is 17.6 Å². The van der Waals surface area contributed by atoms with Crippen molar-refractivity contribution in [1.82, 2.24) is 19.7 Å². The Morgan fingerprint density at radius 1 is 0.926 bits per heavy atom. The van der Waals surface area contributed by atoms with Crippen LogP contribution in [-0.4, -0.2) is 72.0 Å². The number of aromatic carboxylic acids is 1.